The quantitative estimate of drug-likeness (QED) is 0.480. The van der Waals surface area contributed by atoms with Crippen molar-refractivity contribution in [1.82, 2.24) is 4.57 Å². The third-order valence-corrected chi connectivity index (χ3v) is 5.09. The molecule has 0 aliphatic carbocycles. The van der Waals surface area contributed by atoms with Crippen LogP contribution in [0.5, 0.6) is 0 Å². The number of halogens is 1. The predicted molar refractivity (Wildman–Crippen MR) is 108 cm³/mol. The number of hydrogen-bond donors (Lipinski definition) is 0. The van der Waals surface area contributed by atoms with Crippen molar-refractivity contribution in [3.8, 4) is 0 Å². The maximum Gasteiger partial charge on any atom is 0.345 e. The van der Waals surface area contributed by atoms with Crippen LogP contribution in [-0.4, -0.2) is 17.5 Å². The minimum Gasteiger partial charge on any atom is -0.422 e. The zero-order valence-corrected chi connectivity index (χ0v) is 15.9. The van der Waals surface area contributed by atoms with Gasteiger partial charge in [-0.3, -0.25) is 4.79 Å². The first kappa shape index (κ1) is 17.4. The highest BCUT2D eigenvalue weighted by Gasteiger charge is 2.22. The van der Waals surface area contributed by atoms with Gasteiger partial charge >= 0.3 is 5.63 Å². The average Bonchev–Trinajstić information content (AvgIpc) is 3.01. The van der Waals surface area contributed by atoms with Crippen LogP contribution >= 0.6 is 11.6 Å². The van der Waals surface area contributed by atoms with Gasteiger partial charge in [0.25, 0.3) is 5.91 Å². The second kappa shape index (κ2) is 6.28. The van der Waals surface area contributed by atoms with Gasteiger partial charge in [-0.2, -0.15) is 0 Å². The highest BCUT2D eigenvalue weighted by Crippen LogP contribution is 2.28. The number of para-hydroxylation sites is 1. The zero-order chi connectivity index (χ0) is 19.3. The number of hydrogen-bond acceptors (Lipinski definition) is 3. The average molecular weight is 381 g/mol. The molecule has 0 fully saturated rings. The Morgan fingerprint density at radius 1 is 1.11 bits per heavy atom. The molecule has 0 bridgehead atoms. The van der Waals surface area contributed by atoms with Gasteiger partial charge in [0.15, 0.2) is 0 Å². The molecular weight excluding hydrogens is 364 g/mol. The van der Waals surface area contributed by atoms with Crippen LogP contribution in [0.4, 0.5) is 5.69 Å². The predicted octanol–water partition coefficient (Wildman–Crippen LogP) is 4.52. The van der Waals surface area contributed by atoms with Crippen LogP contribution in [0.2, 0.25) is 5.02 Å². The monoisotopic (exact) mass is 380 g/mol. The molecule has 2 aromatic carbocycles. The summed E-state index contributed by atoms with van der Waals surface area (Å²) < 4.78 is 7.14. The fourth-order valence-electron chi connectivity index (χ4n) is 3.42. The van der Waals surface area contributed by atoms with Gasteiger partial charge in [0.1, 0.15) is 11.3 Å². The van der Waals surface area contributed by atoms with Gasteiger partial charge in [0.05, 0.1) is 10.9 Å². The van der Waals surface area contributed by atoms with Crippen molar-refractivity contribution >= 4 is 45.1 Å². The fraction of sp³-hybridized carbons (Fsp3) is 0.143. The summed E-state index contributed by atoms with van der Waals surface area (Å²) in [5.74, 6) is -0.234. The smallest absolute Gasteiger partial charge is 0.345 e. The molecule has 5 nitrogen and oxygen atoms in total. The largest absolute Gasteiger partial charge is 0.422 e. The highest BCUT2D eigenvalue weighted by molar-refractivity contribution is 6.31. The van der Waals surface area contributed by atoms with E-state index in [-0.39, 0.29) is 5.91 Å². The molecule has 4 aromatic rings. The number of rotatable bonds is 2. The molecule has 6 heteroatoms. The standard InChI is InChI=1S/C21H17ClN2O3/c1-12-8-9-13(22)10-16(12)24(3)20(25)17-11-15-19(23(17)2)14-6-4-5-7-18(14)27-21(15)26/h4-11H,1-3H3. The molecule has 0 saturated carbocycles. The highest BCUT2D eigenvalue weighted by atomic mass is 35.5. The minimum atomic E-state index is -0.458. The van der Waals surface area contributed by atoms with Crippen LogP contribution in [0.3, 0.4) is 0 Å². The van der Waals surface area contributed by atoms with Crippen LogP contribution in [0.15, 0.2) is 57.7 Å². The molecule has 1 amide bonds. The van der Waals surface area contributed by atoms with E-state index in [1.165, 1.54) is 0 Å². The summed E-state index contributed by atoms with van der Waals surface area (Å²) in [6.45, 7) is 1.92. The van der Waals surface area contributed by atoms with E-state index in [4.69, 9.17) is 16.0 Å². The maximum absolute atomic E-state index is 13.2. The summed E-state index contributed by atoms with van der Waals surface area (Å²) in [4.78, 5) is 27.1. The Balaban J connectivity index is 1.91. The van der Waals surface area contributed by atoms with E-state index in [2.05, 4.69) is 0 Å². The van der Waals surface area contributed by atoms with Crippen LogP contribution in [0.1, 0.15) is 16.1 Å². The summed E-state index contributed by atoms with van der Waals surface area (Å²) in [6, 6.07) is 14.3. The number of aromatic nitrogens is 1. The Bertz CT molecular complexity index is 1270. The van der Waals surface area contributed by atoms with E-state index in [9.17, 15) is 9.59 Å². The van der Waals surface area contributed by atoms with Crippen molar-refractivity contribution in [2.45, 2.75) is 6.92 Å². The van der Waals surface area contributed by atoms with Crippen LogP contribution in [0, 0.1) is 6.92 Å². The lowest BCUT2D eigenvalue weighted by molar-refractivity contribution is 0.0985. The molecule has 2 heterocycles. The Labute approximate surface area is 160 Å². The molecule has 0 radical (unpaired) electrons. The Hall–Kier alpha value is -3.05. The minimum absolute atomic E-state index is 0.234. The molecule has 0 saturated heterocycles. The Morgan fingerprint density at radius 3 is 2.63 bits per heavy atom. The van der Waals surface area contributed by atoms with Crippen LogP contribution in [-0.2, 0) is 7.05 Å². The van der Waals surface area contributed by atoms with Crippen LogP contribution < -0.4 is 10.5 Å². The lowest BCUT2D eigenvalue weighted by Crippen LogP contribution is -2.28. The number of carbonyl (C=O) groups is 1. The van der Waals surface area contributed by atoms with E-state index in [1.54, 1.807) is 47.8 Å². The van der Waals surface area contributed by atoms with Gasteiger partial charge in [0, 0.05) is 30.2 Å². The number of anilines is 1. The Kier molecular flexibility index (Phi) is 4.04. The molecule has 2 aromatic heterocycles. The first-order chi connectivity index (χ1) is 12.9. The molecule has 0 N–H and O–H groups in total. The van der Waals surface area contributed by atoms with E-state index >= 15 is 0 Å². The number of carbonyl (C=O) groups excluding carboxylic acids is 1. The molecule has 27 heavy (non-hydrogen) atoms. The summed E-state index contributed by atoms with van der Waals surface area (Å²) >= 11 is 6.10. The number of benzene rings is 2. The van der Waals surface area contributed by atoms with Gasteiger partial charge < -0.3 is 13.9 Å². The fourth-order valence-corrected chi connectivity index (χ4v) is 3.59. The summed E-state index contributed by atoms with van der Waals surface area (Å²) in [7, 11) is 3.47. The molecular formula is C21H17ClN2O3. The van der Waals surface area contributed by atoms with E-state index in [1.807, 2.05) is 31.2 Å². The van der Waals surface area contributed by atoms with E-state index in [0.29, 0.717) is 27.2 Å². The molecule has 0 unspecified atom stereocenters. The van der Waals surface area contributed by atoms with Crippen molar-refractivity contribution in [1.29, 1.82) is 0 Å². The molecule has 136 valence electrons. The maximum atomic E-state index is 13.2. The van der Waals surface area contributed by atoms with Gasteiger partial charge in [-0.1, -0.05) is 29.8 Å². The molecule has 0 spiro atoms. The normalized spacial score (nSPS) is 11.3. The Morgan fingerprint density at radius 2 is 1.85 bits per heavy atom. The van der Waals surface area contributed by atoms with Gasteiger partial charge in [-0.25, -0.2) is 4.79 Å². The first-order valence-electron chi connectivity index (χ1n) is 8.44. The molecule has 4 rings (SSSR count). The van der Waals surface area contributed by atoms with E-state index < -0.39 is 5.63 Å². The van der Waals surface area contributed by atoms with Gasteiger partial charge in [-0.15, -0.1) is 0 Å². The molecule has 0 aliphatic heterocycles. The van der Waals surface area contributed by atoms with Crippen molar-refractivity contribution in [2.75, 3.05) is 11.9 Å². The third kappa shape index (κ3) is 2.71. The topological polar surface area (TPSA) is 55.5 Å². The lowest BCUT2D eigenvalue weighted by Gasteiger charge is -2.20. The molecule has 0 aliphatic rings. The second-order valence-corrected chi connectivity index (χ2v) is 6.97. The summed E-state index contributed by atoms with van der Waals surface area (Å²) in [6.07, 6.45) is 0. The molecule has 0 atom stereocenters. The second-order valence-electron chi connectivity index (χ2n) is 6.53. The zero-order valence-electron chi connectivity index (χ0n) is 15.1. The van der Waals surface area contributed by atoms with E-state index in [0.717, 1.165) is 16.6 Å². The van der Waals surface area contributed by atoms with Crippen molar-refractivity contribution in [3.05, 3.63) is 75.2 Å². The number of aryl methyl sites for hydroxylation is 2. The SMILES string of the molecule is Cc1ccc(Cl)cc1N(C)C(=O)c1cc2c(=O)oc3ccccc3c2n1C. The summed E-state index contributed by atoms with van der Waals surface area (Å²) in [5.41, 5.74) is 2.76. The third-order valence-electron chi connectivity index (χ3n) is 4.85. The van der Waals surface area contributed by atoms with Crippen LogP contribution in [0.25, 0.3) is 21.9 Å². The number of amides is 1. The number of fused-ring (bicyclic) bond motifs is 3. The van der Waals surface area contributed by atoms with Crippen molar-refractivity contribution in [3.63, 3.8) is 0 Å². The lowest BCUT2D eigenvalue weighted by atomic mass is 10.1. The van der Waals surface area contributed by atoms with Crippen molar-refractivity contribution < 1.29 is 9.21 Å². The first-order valence-corrected chi connectivity index (χ1v) is 8.82. The van der Waals surface area contributed by atoms with Gasteiger partial charge in [-0.05, 0) is 42.8 Å². The number of nitrogens with zero attached hydrogens (tertiary/aromatic N) is 2. The van der Waals surface area contributed by atoms with Gasteiger partial charge in [0.2, 0.25) is 0 Å². The summed E-state index contributed by atoms with van der Waals surface area (Å²) in [5, 5.41) is 1.73. The van der Waals surface area contributed by atoms with Crippen molar-refractivity contribution in [2.24, 2.45) is 7.05 Å².